The highest BCUT2D eigenvalue weighted by Crippen LogP contribution is 2.23. The first-order chi connectivity index (χ1) is 11.3. The van der Waals surface area contributed by atoms with Gasteiger partial charge in [0.2, 0.25) is 0 Å². The summed E-state index contributed by atoms with van der Waals surface area (Å²) in [6.45, 7) is 4.30. The number of hydrogen-bond acceptors (Lipinski definition) is 2. The molecule has 0 unspecified atom stereocenters. The fourth-order valence-corrected chi connectivity index (χ4v) is 2.91. The molecule has 0 bridgehead atoms. The van der Waals surface area contributed by atoms with Gasteiger partial charge in [0.25, 0.3) is 0 Å². The van der Waals surface area contributed by atoms with Gasteiger partial charge in [-0.1, -0.05) is 24.3 Å². The Morgan fingerprint density at radius 3 is 2.87 bits per heavy atom. The predicted molar refractivity (Wildman–Crippen MR) is 94.4 cm³/mol. The van der Waals surface area contributed by atoms with E-state index in [0.717, 1.165) is 18.2 Å². The second-order valence-electron chi connectivity index (χ2n) is 5.83. The summed E-state index contributed by atoms with van der Waals surface area (Å²) in [5.41, 5.74) is 5.30. The zero-order valence-electron chi connectivity index (χ0n) is 13.7. The normalized spacial score (nSPS) is 13.7. The quantitative estimate of drug-likeness (QED) is 0.659. The van der Waals surface area contributed by atoms with Crippen molar-refractivity contribution in [2.45, 2.75) is 39.3 Å². The molecule has 3 rings (SSSR count). The van der Waals surface area contributed by atoms with Crippen molar-refractivity contribution in [1.29, 1.82) is 0 Å². The smallest absolute Gasteiger partial charge is 0.191 e. The van der Waals surface area contributed by atoms with Crippen molar-refractivity contribution in [1.82, 2.24) is 15.6 Å². The Labute approximate surface area is 138 Å². The first kappa shape index (κ1) is 15.5. The molecule has 0 radical (unpaired) electrons. The maximum absolute atomic E-state index is 4.69. The standard InChI is InChI=1S/C19H24N4/c1-2-20-19(23-14-18-8-3-4-11-21-18)22-13-15-9-10-16-6-5-7-17(16)12-15/h3-4,8-12H,2,5-7,13-14H2,1H3,(H2,20,22,23). The van der Waals surface area contributed by atoms with E-state index in [1.807, 2.05) is 24.4 Å². The number of aromatic nitrogens is 1. The molecule has 0 spiro atoms. The minimum absolute atomic E-state index is 0.677. The fourth-order valence-electron chi connectivity index (χ4n) is 2.91. The van der Waals surface area contributed by atoms with E-state index >= 15 is 0 Å². The predicted octanol–water partition coefficient (Wildman–Crippen LogP) is 2.83. The second kappa shape index (κ2) is 7.77. The third kappa shape index (κ3) is 4.31. The van der Waals surface area contributed by atoms with Crippen LogP contribution in [0.25, 0.3) is 0 Å². The van der Waals surface area contributed by atoms with Gasteiger partial charge in [-0.15, -0.1) is 0 Å². The Bertz CT molecular complexity index is 664. The molecule has 1 heterocycles. The van der Waals surface area contributed by atoms with Gasteiger partial charge in [-0.3, -0.25) is 4.98 Å². The number of nitrogens with one attached hydrogen (secondary N) is 2. The van der Waals surface area contributed by atoms with Crippen molar-refractivity contribution < 1.29 is 0 Å². The molecule has 0 amide bonds. The fraction of sp³-hybridized carbons (Fsp3) is 0.368. The van der Waals surface area contributed by atoms with Gasteiger partial charge in [-0.2, -0.15) is 0 Å². The number of aryl methyl sites for hydroxylation is 2. The Hall–Kier alpha value is -2.36. The monoisotopic (exact) mass is 308 g/mol. The molecule has 4 heteroatoms. The second-order valence-corrected chi connectivity index (χ2v) is 5.83. The molecule has 1 aromatic heterocycles. The summed E-state index contributed by atoms with van der Waals surface area (Å²) in [6.07, 6.45) is 5.54. The Morgan fingerprint density at radius 2 is 2.04 bits per heavy atom. The highest BCUT2D eigenvalue weighted by molar-refractivity contribution is 5.79. The van der Waals surface area contributed by atoms with Crippen LogP contribution in [0.4, 0.5) is 0 Å². The van der Waals surface area contributed by atoms with Crippen molar-refractivity contribution in [3.63, 3.8) is 0 Å². The van der Waals surface area contributed by atoms with E-state index in [9.17, 15) is 0 Å². The summed E-state index contributed by atoms with van der Waals surface area (Å²) < 4.78 is 0. The van der Waals surface area contributed by atoms with E-state index < -0.39 is 0 Å². The zero-order valence-corrected chi connectivity index (χ0v) is 13.7. The molecule has 1 aromatic carbocycles. The van der Waals surface area contributed by atoms with Gasteiger partial charge in [0, 0.05) is 12.7 Å². The average molecular weight is 308 g/mol. The van der Waals surface area contributed by atoms with Gasteiger partial charge in [0.1, 0.15) is 0 Å². The number of aliphatic imine (C=N–C) groups is 1. The summed E-state index contributed by atoms with van der Waals surface area (Å²) >= 11 is 0. The summed E-state index contributed by atoms with van der Waals surface area (Å²) in [6, 6.07) is 12.7. The lowest BCUT2D eigenvalue weighted by atomic mass is 10.1. The SMILES string of the molecule is CCNC(=NCc1ccc2c(c1)CCC2)NCc1ccccn1. The van der Waals surface area contributed by atoms with Crippen LogP contribution in [0.1, 0.15) is 35.7 Å². The van der Waals surface area contributed by atoms with E-state index in [1.54, 1.807) is 0 Å². The first-order valence-electron chi connectivity index (χ1n) is 8.38. The average Bonchev–Trinajstić information content (AvgIpc) is 3.06. The number of benzene rings is 1. The summed E-state index contributed by atoms with van der Waals surface area (Å²) in [7, 11) is 0. The van der Waals surface area contributed by atoms with Crippen molar-refractivity contribution in [2.75, 3.05) is 6.54 Å². The van der Waals surface area contributed by atoms with Crippen molar-refractivity contribution >= 4 is 5.96 Å². The van der Waals surface area contributed by atoms with Crippen LogP contribution in [0.15, 0.2) is 47.6 Å². The third-order valence-corrected chi connectivity index (χ3v) is 4.09. The van der Waals surface area contributed by atoms with Crippen molar-refractivity contribution in [2.24, 2.45) is 4.99 Å². The number of guanidine groups is 1. The summed E-state index contributed by atoms with van der Waals surface area (Å²) in [5, 5.41) is 6.62. The molecule has 2 aromatic rings. The van der Waals surface area contributed by atoms with Crippen molar-refractivity contribution in [3.8, 4) is 0 Å². The van der Waals surface area contributed by atoms with Gasteiger partial charge in [0.05, 0.1) is 18.8 Å². The van der Waals surface area contributed by atoms with E-state index in [0.29, 0.717) is 13.1 Å². The highest BCUT2D eigenvalue weighted by Gasteiger charge is 2.10. The molecule has 1 aliphatic rings. The molecule has 2 N–H and O–H groups in total. The number of rotatable bonds is 5. The van der Waals surface area contributed by atoms with Gasteiger partial charge in [-0.05, 0) is 55.0 Å². The van der Waals surface area contributed by atoms with Gasteiger partial charge in [-0.25, -0.2) is 4.99 Å². The van der Waals surface area contributed by atoms with Crippen LogP contribution in [0.3, 0.4) is 0 Å². The molecule has 120 valence electrons. The van der Waals surface area contributed by atoms with E-state index in [1.165, 1.54) is 36.0 Å². The van der Waals surface area contributed by atoms with Crippen LogP contribution in [-0.2, 0) is 25.9 Å². The largest absolute Gasteiger partial charge is 0.357 e. The lowest BCUT2D eigenvalue weighted by molar-refractivity contribution is 0.799. The van der Waals surface area contributed by atoms with Crippen LogP contribution < -0.4 is 10.6 Å². The van der Waals surface area contributed by atoms with Crippen LogP contribution in [0, 0.1) is 0 Å². The number of hydrogen-bond donors (Lipinski definition) is 2. The van der Waals surface area contributed by atoms with Gasteiger partial charge < -0.3 is 10.6 Å². The molecule has 0 aliphatic heterocycles. The Balaban J connectivity index is 1.62. The number of nitrogens with zero attached hydrogens (tertiary/aromatic N) is 2. The maximum atomic E-state index is 4.69. The Kier molecular flexibility index (Phi) is 5.25. The van der Waals surface area contributed by atoms with Crippen LogP contribution in [-0.4, -0.2) is 17.5 Å². The molecule has 4 nitrogen and oxygen atoms in total. The van der Waals surface area contributed by atoms with Crippen LogP contribution in [0.2, 0.25) is 0 Å². The first-order valence-corrected chi connectivity index (χ1v) is 8.38. The number of pyridine rings is 1. The molecule has 0 saturated heterocycles. The lowest BCUT2D eigenvalue weighted by Crippen LogP contribution is -2.37. The molecule has 1 aliphatic carbocycles. The molecule has 0 saturated carbocycles. The summed E-state index contributed by atoms with van der Waals surface area (Å²) in [4.78, 5) is 9.01. The molecular weight excluding hydrogens is 284 g/mol. The Morgan fingerprint density at radius 1 is 1.13 bits per heavy atom. The highest BCUT2D eigenvalue weighted by atomic mass is 15.2. The van der Waals surface area contributed by atoms with E-state index in [-0.39, 0.29) is 0 Å². The summed E-state index contributed by atoms with van der Waals surface area (Å²) in [5.74, 6) is 0.832. The zero-order chi connectivity index (χ0) is 15.9. The molecule has 0 fully saturated rings. The van der Waals surface area contributed by atoms with E-state index in [2.05, 4.69) is 40.7 Å². The topological polar surface area (TPSA) is 49.3 Å². The molecule has 0 atom stereocenters. The van der Waals surface area contributed by atoms with Gasteiger partial charge in [0.15, 0.2) is 5.96 Å². The number of fused-ring (bicyclic) bond motifs is 1. The van der Waals surface area contributed by atoms with Crippen LogP contribution >= 0.6 is 0 Å². The van der Waals surface area contributed by atoms with Gasteiger partial charge >= 0.3 is 0 Å². The van der Waals surface area contributed by atoms with Crippen molar-refractivity contribution in [3.05, 3.63) is 65.0 Å². The third-order valence-electron chi connectivity index (χ3n) is 4.09. The lowest BCUT2D eigenvalue weighted by Gasteiger charge is -2.11. The molecule has 23 heavy (non-hydrogen) atoms. The minimum Gasteiger partial charge on any atom is -0.357 e. The molecular formula is C19H24N4. The van der Waals surface area contributed by atoms with E-state index in [4.69, 9.17) is 4.99 Å². The maximum Gasteiger partial charge on any atom is 0.191 e. The van der Waals surface area contributed by atoms with Crippen LogP contribution in [0.5, 0.6) is 0 Å². The minimum atomic E-state index is 0.677.